The average Bonchev–Trinajstić information content (AvgIpc) is 2.62. The van der Waals surface area contributed by atoms with Crippen molar-refractivity contribution in [3.63, 3.8) is 0 Å². The molecule has 0 bridgehead atoms. The lowest BCUT2D eigenvalue weighted by atomic mass is 9.77. The lowest BCUT2D eigenvalue weighted by molar-refractivity contribution is 0.731. The molecule has 0 aliphatic heterocycles. The standard InChI is InChI=1S/C10H13BN2/c1-7-4-8(2-3-9(7)11)10-5-12-6-13-10/h2-3,5-7H,4,11H2,1H3,(H,12,13). The van der Waals surface area contributed by atoms with E-state index >= 15 is 0 Å². The van der Waals surface area contributed by atoms with Gasteiger partial charge in [0.2, 0.25) is 0 Å². The SMILES string of the molecule is BC1=CC=C(c2cnc[nH]2)CC1C. The van der Waals surface area contributed by atoms with Crippen molar-refractivity contribution >= 4 is 13.4 Å². The van der Waals surface area contributed by atoms with E-state index in [0.29, 0.717) is 5.92 Å². The highest BCUT2D eigenvalue weighted by Crippen LogP contribution is 2.28. The Balaban J connectivity index is 2.28. The number of aromatic amines is 1. The van der Waals surface area contributed by atoms with Crippen LogP contribution in [0.1, 0.15) is 19.0 Å². The van der Waals surface area contributed by atoms with Gasteiger partial charge in [0.15, 0.2) is 0 Å². The van der Waals surface area contributed by atoms with Crippen LogP contribution < -0.4 is 0 Å². The molecule has 1 aliphatic carbocycles. The minimum absolute atomic E-state index is 0.656. The Morgan fingerprint density at radius 1 is 1.54 bits per heavy atom. The molecule has 2 nitrogen and oxygen atoms in total. The fraction of sp³-hybridized carbons (Fsp3) is 0.300. The Kier molecular flexibility index (Phi) is 2.09. The van der Waals surface area contributed by atoms with Gasteiger partial charge < -0.3 is 4.98 Å². The number of allylic oxidation sites excluding steroid dienone is 4. The summed E-state index contributed by atoms with van der Waals surface area (Å²) in [6.45, 7) is 2.26. The fourth-order valence-electron chi connectivity index (χ4n) is 1.59. The van der Waals surface area contributed by atoms with Crippen LogP contribution in [0.3, 0.4) is 0 Å². The maximum atomic E-state index is 4.02. The molecule has 66 valence electrons. The Bertz CT molecular complexity index is 349. The number of aromatic nitrogens is 2. The molecule has 1 aliphatic rings. The number of H-pyrrole nitrogens is 1. The van der Waals surface area contributed by atoms with E-state index in [-0.39, 0.29) is 0 Å². The molecule has 1 aromatic heterocycles. The van der Waals surface area contributed by atoms with Gasteiger partial charge in [0, 0.05) is 0 Å². The van der Waals surface area contributed by atoms with Gasteiger partial charge in [-0.25, -0.2) is 4.98 Å². The molecule has 0 saturated carbocycles. The first-order chi connectivity index (χ1) is 6.27. The highest BCUT2D eigenvalue weighted by atomic mass is 14.9. The normalized spacial score (nSPS) is 22.4. The molecule has 2 rings (SSSR count). The molecule has 1 aromatic rings. The molecule has 0 spiro atoms. The highest BCUT2D eigenvalue weighted by Gasteiger charge is 2.13. The van der Waals surface area contributed by atoms with Crippen molar-refractivity contribution < 1.29 is 0 Å². The van der Waals surface area contributed by atoms with Crippen molar-refractivity contribution in [2.24, 2.45) is 5.92 Å². The predicted molar refractivity (Wildman–Crippen MR) is 57.0 cm³/mol. The van der Waals surface area contributed by atoms with Crippen LogP contribution in [0.2, 0.25) is 0 Å². The second-order valence-corrected chi connectivity index (χ2v) is 3.67. The van der Waals surface area contributed by atoms with E-state index in [1.165, 1.54) is 11.0 Å². The van der Waals surface area contributed by atoms with Gasteiger partial charge in [0.05, 0.1) is 18.2 Å². The zero-order valence-electron chi connectivity index (χ0n) is 8.04. The van der Waals surface area contributed by atoms with E-state index in [1.54, 1.807) is 6.33 Å². The average molecular weight is 172 g/mol. The Labute approximate surface area is 79.2 Å². The van der Waals surface area contributed by atoms with Crippen molar-refractivity contribution in [3.05, 3.63) is 35.8 Å². The van der Waals surface area contributed by atoms with E-state index in [1.807, 2.05) is 6.20 Å². The molecular formula is C10H13BN2. The molecule has 0 radical (unpaired) electrons. The third-order valence-corrected chi connectivity index (χ3v) is 2.70. The van der Waals surface area contributed by atoms with Crippen LogP contribution in [-0.2, 0) is 0 Å². The number of hydrogen-bond acceptors (Lipinski definition) is 1. The summed E-state index contributed by atoms with van der Waals surface area (Å²) in [5.74, 6) is 0.656. The van der Waals surface area contributed by atoms with Crippen LogP contribution in [-0.4, -0.2) is 17.8 Å². The van der Waals surface area contributed by atoms with E-state index in [4.69, 9.17) is 0 Å². The summed E-state index contributed by atoms with van der Waals surface area (Å²) in [5, 5.41) is 0. The van der Waals surface area contributed by atoms with E-state index < -0.39 is 0 Å². The third-order valence-electron chi connectivity index (χ3n) is 2.70. The van der Waals surface area contributed by atoms with Crippen LogP contribution in [0.25, 0.3) is 5.57 Å². The van der Waals surface area contributed by atoms with Gasteiger partial charge in [-0.3, -0.25) is 0 Å². The molecule has 0 aromatic carbocycles. The number of nitrogens with one attached hydrogen (secondary N) is 1. The van der Waals surface area contributed by atoms with Gasteiger partial charge in [0.1, 0.15) is 7.85 Å². The molecule has 0 amide bonds. The monoisotopic (exact) mass is 172 g/mol. The third kappa shape index (κ3) is 1.59. The Hall–Kier alpha value is -1.25. The number of hydrogen-bond donors (Lipinski definition) is 1. The van der Waals surface area contributed by atoms with Crippen molar-refractivity contribution in [1.29, 1.82) is 0 Å². The smallest absolute Gasteiger partial charge is 0.134 e. The fourth-order valence-corrected chi connectivity index (χ4v) is 1.59. The van der Waals surface area contributed by atoms with Gasteiger partial charge in [-0.2, -0.15) is 0 Å². The van der Waals surface area contributed by atoms with Crippen molar-refractivity contribution in [1.82, 2.24) is 9.97 Å². The van der Waals surface area contributed by atoms with E-state index in [2.05, 4.69) is 36.9 Å². The predicted octanol–water partition coefficient (Wildman–Crippen LogP) is 1.35. The van der Waals surface area contributed by atoms with Gasteiger partial charge in [0.25, 0.3) is 0 Å². The molecule has 1 unspecified atom stereocenters. The van der Waals surface area contributed by atoms with Gasteiger partial charge in [-0.1, -0.05) is 19.1 Å². The maximum Gasteiger partial charge on any atom is 0.134 e. The van der Waals surface area contributed by atoms with E-state index in [9.17, 15) is 0 Å². The first-order valence-corrected chi connectivity index (χ1v) is 4.63. The molecule has 0 saturated heterocycles. The maximum absolute atomic E-state index is 4.02. The molecule has 0 fully saturated rings. The summed E-state index contributed by atoms with van der Waals surface area (Å²) >= 11 is 0. The molecule has 1 heterocycles. The van der Waals surface area contributed by atoms with Crippen LogP contribution in [0, 0.1) is 5.92 Å². The van der Waals surface area contributed by atoms with Crippen molar-refractivity contribution in [3.8, 4) is 0 Å². The van der Waals surface area contributed by atoms with Gasteiger partial charge in [-0.05, 0) is 17.9 Å². The zero-order chi connectivity index (χ0) is 9.26. The van der Waals surface area contributed by atoms with Gasteiger partial charge in [-0.15, -0.1) is 5.47 Å². The topological polar surface area (TPSA) is 28.7 Å². The summed E-state index contributed by atoms with van der Waals surface area (Å²) in [6.07, 6.45) is 9.11. The molecular weight excluding hydrogens is 159 g/mol. The summed E-state index contributed by atoms with van der Waals surface area (Å²) in [5.41, 5.74) is 3.97. The zero-order valence-corrected chi connectivity index (χ0v) is 8.04. The second-order valence-electron chi connectivity index (χ2n) is 3.67. The van der Waals surface area contributed by atoms with Crippen molar-refractivity contribution in [2.75, 3.05) is 0 Å². The Morgan fingerprint density at radius 2 is 2.38 bits per heavy atom. The number of nitrogens with zero attached hydrogens (tertiary/aromatic N) is 1. The Morgan fingerprint density at radius 3 is 3.00 bits per heavy atom. The largest absolute Gasteiger partial charge is 0.345 e. The summed E-state index contributed by atoms with van der Waals surface area (Å²) < 4.78 is 0. The first kappa shape index (κ1) is 8.36. The summed E-state index contributed by atoms with van der Waals surface area (Å²) in [4.78, 5) is 7.16. The summed E-state index contributed by atoms with van der Waals surface area (Å²) in [6, 6.07) is 0. The minimum Gasteiger partial charge on any atom is -0.345 e. The van der Waals surface area contributed by atoms with Crippen LogP contribution in [0.4, 0.5) is 0 Å². The highest BCUT2D eigenvalue weighted by molar-refractivity contribution is 6.22. The minimum atomic E-state index is 0.656. The lowest BCUT2D eigenvalue weighted by Crippen LogP contribution is -2.04. The summed E-state index contributed by atoms with van der Waals surface area (Å²) in [7, 11) is 2.19. The van der Waals surface area contributed by atoms with Crippen LogP contribution in [0.5, 0.6) is 0 Å². The quantitative estimate of drug-likeness (QED) is 0.636. The number of imidazole rings is 1. The van der Waals surface area contributed by atoms with Crippen molar-refractivity contribution in [2.45, 2.75) is 13.3 Å². The van der Waals surface area contributed by atoms with Crippen LogP contribution in [0.15, 0.2) is 30.1 Å². The molecule has 3 heteroatoms. The van der Waals surface area contributed by atoms with Gasteiger partial charge >= 0.3 is 0 Å². The van der Waals surface area contributed by atoms with E-state index in [0.717, 1.165) is 12.1 Å². The second kappa shape index (κ2) is 3.25. The molecule has 1 atom stereocenters. The number of rotatable bonds is 1. The first-order valence-electron chi connectivity index (χ1n) is 4.63. The molecule has 13 heavy (non-hydrogen) atoms. The molecule has 1 N–H and O–H groups in total. The van der Waals surface area contributed by atoms with Crippen LogP contribution >= 0.6 is 0 Å². The lowest BCUT2D eigenvalue weighted by Gasteiger charge is -2.18.